The van der Waals surface area contributed by atoms with Crippen LogP contribution in [0.15, 0.2) is 28.0 Å². The maximum absolute atomic E-state index is 11.9. The summed E-state index contributed by atoms with van der Waals surface area (Å²) in [6, 6.07) is 1.59. The van der Waals surface area contributed by atoms with Gasteiger partial charge in [-0.15, -0.1) is 0 Å². The van der Waals surface area contributed by atoms with Gasteiger partial charge in [0.15, 0.2) is 5.82 Å². The number of nitrogens with two attached hydrogens (primary N) is 1. The summed E-state index contributed by atoms with van der Waals surface area (Å²) in [4.78, 5) is 33.4. The smallest absolute Gasteiger partial charge is 0.333 e. The molecule has 0 bridgehead atoms. The quantitative estimate of drug-likeness (QED) is 0.745. The summed E-state index contributed by atoms with van der Waals surface area (Å²) < 4.78 is 1.29. The molecule has 2 aromatic heterocycles. The Morgan fingerprint density at radius 2 is 2.10 bits per heavy atom. The van der Waals surface area contributed by atoms with E-state index in [0.29, 0.717) is 17.5 Å². The van der Waals surface area contributed by atoms with Crippen LogP contribution in [0.2, 0.25) is 0 Å². The van der Waals surface area contributed by atoms with Gasteiger partial charge >= 0.3 is 5.69 Å². The van der Waals surface area contributed by atoms with Crippen molar-refractivity contribution in [3.63, 3.8) is 0 Å². The molecule has 110 valence electrons. The first kappa shape index (κ1) is 13.3. The minimum absolute atomic E-state index is 0.136. The van der Waals surface area contributed by atoms with Crippen molar-refractivity contribution in [2.45, 2.75) is 31.7 Å². The van der Waals surface area contributed by atoms with Gasteiger partial charge in [-0.05, 0) is 12.8 Å². The van der Waals surface area contributed by atoms with Gasteiger partial charge in [0, 0.05) is 18.3 Å². The van der Waals surface area contributed by atoms with Gasteiger partial charge in [-0.1, -0.05) is 12.8 Å². The predicted octanol–water partition coefficient (Wildman–Crippen LogP) is 0.252. The zero-order valence-electron chi connectivity index (χ0n) is 11.4. The van der Waals surface area contributed by atoms with E-state index in [4.69, 9.17) is 5.73 Å². The lowest BCUT2D eigenvalue weighted by molar-refractivity contribution is 0.746. The van der Waals surface area contributed by atoms with Crippen LogP contribution in [0.5, 0.6) is 0 Å². The van der Waals surface area contributed by atoms with Crippen LogP contribution >= 0.6 is 0 Å². The highest BCUT2D eigenvalue weighted by atomic mass is 16.2. The van der Waals surface area contributed by atoms with Crippen LogP contribution in [0, 0.1) is 0 Å². The molecule has 8 heteroatoms. The van der Waals surface area contributed by atoms with E-state index in [1.165, 1.54) is 35.9 Å². The van der Waals surface area contributed by atoms with E-state index in [2.05, 4.69) is 20.3 Å². The molecule has 2 aromatic rings. The molecule has 0 spiro atoms. The second-order valence-corrected chi connectivity index (χ2v) is 5.07. The third-order valence-corrected chi connectivity index (χ3v) is 3.57. The van der Waals surface area contributed by atoms with E-state index in [1.54, 1.807) is 0 Å². The average molecular weight is 288 g/mol. The van der Waals surface area contributed by atoms with Crippen LogP contribution in [0.25, 0.3) is 5.69 Å². The van der Waals surface area contributed by atoms with Gasteiger partial charge in [0.05, 0.1) is 6.20 Å². The molecule has 21 heavy (non-hydrogen) atoms. The molecule has 0 unspecified atom stereocenters. The molecular weight excluding hydrogens is 272 g/mol. The van der Waals surface area contributed by atoms with Gasteiger partial charge in [0.1, 0.15) is 5.69 Å². The van der Waals surface area contributed by atoms with Crippen LogP contribution in [0.4, 0.5) is 11.8 Å². The van der Waals surface area contributed by atoms with Crippen LogP contribution in [-0.2, 0) is 0 Å². The normalized spacial score (nSPS) is 15.2. The van der Waals surface area contributed by atoms with Gasteiger partial charge in [-0.2, -0.15) is 4.98 Å². The fraction of sp³-hybridized carbons (Fsp3) is 0.385. The maximum Gasteiger partial charge on any atom is 0.333 e. The molecule has 1 aliphatic carbocycles. The second-order valence-electron chi connectivity index (χ2n) is 5.07. The summed E-state index contributed by atoms with van der Waals surface area (Å²) >= 11 is 0. The molecule has 0 radical (unpaired) electrons. The number of aromatic nitrogens is 4. The van der Waals surface area contributed by atoms with Crippen LogP contribution in [0.3, 0.4) is 0 Å². The molecular formula is C13H16N6O2. The summed E-state index contributed by atoms with van der Waals surface area (Å²) in [6.07, 6.45) is 7.33. The summed E-state index contributed by atoms with van der Waals surface area (Å²) in [5.41, 5.74) is 5.12. The first-order chi connectivity index (χ1) is 10.1. The number of nitrogens with one attached hydrogen (secondary N) is 2. The molecule has 0 saturated heterocycles. The van der Waals surface area contributed by atoms with Crippen LogP contribution in [-0.4, -0.2) is 25.6 Å². The Balaban J connectivity index is 2.04. The summed E-state index contributed by atoms with van der Waals surface area (Å²) in [7, 11) is 0. The van der Waals surface area contributed by atoms with Crippen molar-refractivity contribution in [2.75, 3.05) is 11.1 Å². The number of hydrogen-bond acceptors (Lipinski definition) is 6. The Morgan fingerprint density at radius 1 is 1.33 bits per heavy atom. The number of nitrogen functional groups attached to an aromatic ring is 1. The van der Waals surface area contributed by atoms with E-state index in [-0.39, 0.29) is 5.95 Å². The Kier molecular flexibility index (Phi) is 3.43. The molecule has 1 fully saturated rings. The van der Waals surface area contributed by atoms with Crippen LogP contribution in [0.1, 0.15) is 25.7 Å². The van der Waals surface area contributed by atoms with Crippen molar-refractivity contribution in [3.8, 4) is 5.69 Å². The van der Waals surface area contributed by atoms with Gasteiger partial charge < -0.3 is 11.1 Å². The van der Waals surface area contributed by atoms with Gasteiger partial charge in [0.25, 0.3) is 5.56 Å². The lowest BCUT2D eigenvalue weighted by Crippen LogP contribution is -2.29. The molecule has 0 aromatic carbocycles. The van der Waals surface area contributed by atoms with E-state index >= 15 is 0 Å². The van der Waals surface area contributed by atoms with Crippen molar-refractivity contribution >= 4 is 11.8 Å². The van der Waals surface area contributed by atoms with Crippen molar-refractivity contribution in [2.24, 2.45) is 0 Å². The number of hydrogen-bond donors (Lipinski definition) is 3. The monoisotopic (exact) mass is 288 g/mol. The molecule has 3 rings (SSSR count). The van der Waals surface area contributed by atoms with Gasteiger partial charge in [-0.25, -0.2) is 9.78 Å². The molecule has 1 saturated carbocycles. The zero-order valence-corrected chi connectivity index (χ0v) is 11.4. The fourth-order valence-electron chi connectivity index (χ4n) is 2.54. The van der Waals surface area contributed by atoms with Crippen molar-refractivity contribution in [1.82, 2.24) is 19.5 Å². The molecule has 2 heterocycles. The highest BCUT2D eigenvalue weighted by Gasteiger charge is 2.18. The first-order valence-electron chi connectivity index (χ1n) is 6.85. The molecule has 0 amide bonds. The third kappa shape index (κ3) is 2.78. The number of anilines is 2. The van der Waals surface area contributed by atoms with E-state index < -0.39 is 11.2 Å². The topological polar surface area (TPSA) is 119 Å². The minimum Gasteiger partial charge on any atom is -0.368 e. The van der Waals surface area contributed by atoms with Crippen molar-refractivity contribution in [1.29, 1.82) is 0 Å². The summed E-state index contributed by atoms with van der Waals surface area (Å²) in [5.74, 6) is 0.639. The highest BCUT2D eigenvalue weighted by Crippen LogP contribution is 2.24. The molecule has 1 aliphatic rings. The summed E-state index contributed by atoms with van der Waals surface area (Å²) in [6.45, 7) is 0. The maximum atomic E-state index is 11.9. The lowest BCUT2D eigenvalue weighted by atomic mass is 10.2. The molecule has 0 aliphatic heterocycles. The second kappa shape index (κ2) is 5.39. The van der Waals surface area contributed by atoms with Crippen LogP contribution < -0.4 is 22.3 Å². The Bertz CT molecular complexity index is 760. The SMILES string of the molecule is Nc1ncc(-n2ccc(=O)[nH]c2=O)c(NC2CCCC2)n1. The van der Waals surface area contributed by atoms with E-state index in [9.17, 15) is 9.59 Å². The van der Waals surface area contributed by atoms with E-state index in [0.717, 1.165) is 12.8 Å². The molecule has 0 atom stereocenters. The summed E-state index contributed by atoms with van der Waals surface area (Å²) in [5, 5.41) is 3.31. The number of nitrogens with zero attached hydrogens (tertiary/aromatic N) is 3. The Morgan fingerprint density at radius 3 is 2.81 bits per heavy atom. The number of rotatable bonds is 3. The first-order valence-corrected chi connectivity index (χ1v) is 6.85. The molecule has 8 nitrogen and oxygen atoms in total. The van der Waals surface area contributed by atoms with Crippen molar-refractivity contribution in [3.05, 3.63) is 39.3 Å². The average Bonchev–Trinajstić information content (AvgIpc) is 2.93. The Labute approximate surface area is 120 Å². The minimum atomic E-state index is -0.537. The van der Waals surface area contributed by atoms with Gasteiger partial charge in [-0.3, -0.25) is 14.3 Å². The standard InChI is InChI=1S/C13H16N6O2/c14-12-15-7-9(19-6-5-10(20)17-13(19)21)11(18-12)16-8-3-1-2-4-8/h5-8H,1-4H2,(H,17,20,21)(H3,14,15,16,18). The Hall–Kier alpha value is -2.64. The van der Waals surface area contributed by atoms with Crippen molar-refractivity contribution < 1.29 is 0 Å². The largest absolute Gasteiger partial charge is 0.368 e. The lowest BCUT2D eigenvalue weighted by Gasteiger charge is -2.16. The number of aromatic amines is 1. The zero-order chi connectivity index (χ0) is 14.8. The fourth-order valence-corrected chi connectivity index (χ4v) is 2.54. The third-order valence-electron chi connectivity index (χ3n) is 3.57. The predicted molar refractivity (Wildman–Crippen MR) is 78.5 cm³/mol. The molecule has 4 N–H and O–H groups in total. The van der Waals surface area contributed by atoms with E-state index in [1.807, 2.05) is 0 Å². The van der Waals surface area contributed by atoms with Gasteiger partial charge in [0.2, 0.25) is 5.95 Å². The number of H-pyrrole nitrogens is 1. The highest BCUT2D eigenvalue weighted by molar-refractivity contribution is 5.56.